The molecule has 0 bridgehead atoms. The molecule has 0 amide bonds. The highest BCUT2D eigenvalue weighted by Crippen LogP contribution is 2.36. The van der Waals surface area contributed by atoms with Gasteiger partial charge in [-0.15, -0.1) is 11.3 Å². The molecule has 1 heterocycles. The van der Waals surface area contributed by atoms with E-state index in [1.54, 1.807) is 29.5 Å². The minimum atomic E-state index is -0.699. The zero-order valence-corrected chi connectivity index (χ0v) is 12.9. The van der Waals surface area contributed by atoms with Crippen molar-refractivity contribution in [2.45, 2.75) is 12.5 Å². The van der Waals surface area contributed by atoms with Crippen LogP contribution in [-0.4, -0.2) is 5.11 Å². The summed E-state index contributed by atoms with van der Waals surface area (Å²) in [6.07, 6.45) is -0.416. The van der Waals surface area contributed by atoms with Crippen LogP contribution in [0.2, 0.25) is 0 Å². The second-order valence-corrected chi connectivity index (χ2v) is 6.35. The number of aliphatic hydroxyl groups is 1. The number of hydrogen-bond donors (Lipinski definition) is 1. The lowest BCUT2D eigenvalue weighted by Crippen LogP contribution is -2.02. The molecule has 0 aliphatic carbocycles. The van der Waals surface area contributed by atoms with Gasteiger partial charge in [0.05, 0.1) is 6.10 Å². The van der Waals surface area contributed by atoms with Crippen LogP contribution < -0.4 is 0 Å². The molecule has 2 aromatic carbocycles. The number of hydrogen-bond acceptors (Lipinski definition) is 2. The van der Waals surface area contributed by atoms with Gasteiger partial charge in [0.1, 0.15) is 5.82 Å². The standard InChI is InChI=1S/C16H12BrFOS/c17-13-6-3-5-11-12(9-20-16(11)13)15(19)8-10-4-1-2-7-14(10)18/h1-7,9,15,19H,8H2. The molecule has 4 heteroatoms. The van der Waals surface area contributed by atoms with E-state index in [2.05, 4.69) is 15.9 Å². The maximum absolute atomic E-state index is 13.7. The molecule has 3 rings (SSSR count). The van der Waals surface area contributed by atoms with E-state index >= 15 is 0 Å². The number of halogens is 2. The Labute approximate surface area is 128 Å². The average molecular weight is 351 g/mol. The van der Waals surface area contributed by atoms with E-state index in [0.29, 0.717) is 5.56 Å². The molecule has 1 N–H and O–H groups in total. The second-order valence-electron chi connectivity index (χ2n) is 4.62. The van der Waals surface area contributed by atoms with E-state index in [4.69, 9.17) is 0 Å². The number of benzene rings is 2. The summed E-state index contributed by atoms with van der Waals surface area (Å²) in [4.78, 5) is 0. The van der Waals surface area contributed by atoms with Gasteiger partial charge in [0, 0.05) is 15.6 Å². The van der Waals surface area contributed by atoms with E-state index < -0.39 is 6.10 Å². The van der Waals surface area contributed by atoms with Crippen molar-refractivity contribution < 1.29 is 9.50 Å². The van der Waals surface area contributed by atoms with E-state index in [0.717, 1.165) is 20.1 Å². The highest BCUT2D eigenvalue weighted by molar-refractivity contribution is 9.10. The van der Waals surface area contributed by atoms with Crippen molar-refractivity contribution in [1.29, 1.82) is 0 Å². The first-order valence-corrected chi connectivity index (χ1v) is 7.91. The summed E-state index contributed by atoms with van der Waals surface area (Å²) in [5.41, 5.74) is 1.39. The molecule has 0 saturated carbocycles. The lowest BCUT2D eigenvalue weighted by molar-refractivity contribution is 0.179. The van der Waals surface area contributed by atoms with Crippen molar-refractivity contribution in [3.05, 3.63) is 69.3 Å². The Kier molecular flexibility index (Phi) is 3.87. The molecule has 1 atom stereocenters. The molecule has 3 aromatic rings. The quantitative estimate of drug-likeness (QED) is 0.698. The maximum atomic E-state index is 13.7. The van der Waals surface area contributed by atoms with Crippen LogP contribution in [-0.2, 0) is 6.42 Å². The number of thiophene rings is 1. The third-order valence-electron chi connectivity index (χ3n) is 3.31. The third-order valence-corrected chi connectivity index (χ3v) is 5.28. The van der Waals surface area contributed by atoms with Gasteiger partial charge in [-0.3, -0.25) is 0 Å². The van der Waals surface area contributed by atoms with Gasteiger partial charge in [0.25, 0.3) is 0 Å². The highest BCUT2D eigenvalue weighted by atomic mass is 79.9. The van der Waals surface area contributed by atoms with Crippen molar-refractivity contribution in [3.8, 4) is 0 Å². The van der Waals surface area contributed by atoms with Gasteiger partial charge in [-0.1, -0.05) is 30.3 Å². The first-order chi connectivity index (χ1) is 9.66. The number of aliphatic hydroxyl groups excluding tert-OH is 1. The predicted octanol–water partition coefficient (Wildman–Crippen LogP) is 5.08. The van der Waals surface area contributed by atoms with Gasteiger partial charge in [0.2, 0.25) is 0 Å². The Morgan fingerprint density at radius 1 is 1.15 bits per heavy atom. The molecule has 102 valence electrons. The fourth-order valence-electron chi connectivity index (χ4n) is 2.28. The first-order valence-electron chi connectivity index (χ1n) is 6.24. The Bertz CT molecular complexity index is 753. The lowest BCUT2D eigenvalue weighted by atomic mass is 10.0. The number of rotatable bonds is 3. The highest BCUT2D eigenvalue weighted by Gasteiger charge is 2.16. The van der Waals surface area contributed by atoms with Gasteiger partial charge in [-0.05, 0) is 50.0 Å². The molecule has 1 nitrogen and oxygen atoms in total. The van der Waals surface area contributed by atoms with Gasteiger partial charge in [-0.2, -0.15) is 0 Å². The smallest absolute Gasteiger partial charge is 0.126 e. The van der Waals surface area contributed by atoms with Crippen molar-refractivity contribution in [1.82, 2.24) is 0 Å². The minimum absolute atomic E-state index is 0.271. The van der Waals surface area contributed by atoms with Crippen molar-refractivity contribution in [3.63, 3.8) is 0 Å². The molecular weight excluding hydrogens is 339 g/mol. The molecule has 0 radical (unpaired) electrons. The van der Waals surface area contributed by atoms with Crippen LogP contribution in [0.15, 0.2) is 52.3 Å². The Morgan fingerprint density at radius 3 is 2.75 bits per heavy atom. The zero-order valence-electron chi connectivity index (χ0n) is 10.5. The topological polar surface area (TPSA) is 20.2 Å². The van der Waals surface area contributed by atoms with Crippen LogP contribution in [0, 0.1) is 5.82 Å². The van der Waals surface area contributed by atoms with Crippen LogP contribution in [0.25, 0.3) is 10.1 Å². The molecule has 0 fully saturated rings. The van der Waals surface area contributed by atoms with Gasteiger partial charge >= 0.3 is 0 Å². The van der Waals surface area contributed by atoms with Crippen LogP contribution in [0.1, 0.15) is 17.2 Å². The van der Waals surface area contributed by atoms with Crippen molar-refractivity contribution >= 4 is 37.4 Å². The Morgan fingerprint density at radius 2 is 1.95 bits per heavy atom. The summed E-state index contributed by atoms with van der Waals surface area (Å²) in [5, 5.41) is 13.4. The van der Waals surface area contributed by atoms with Crippen LogP contribution in [0.3, 0.4) is 0 Å². The Balaban J connectivity index is 1.95. The van der Waals surface area contributed by atoms with Gasteiger partial charge < -0.3 is 5.11 Å². The molecular formula is C16H12BrFOS. The zero-order chi connectivity index (χ0) is 14.1. The summed E-state index contributed by atoms with van der Waals surface area (Å²) >= 11 is 5.09. The molecule has 20 heavy (non-hydrogen) atoms. The van der Waals surface area contributed by atoms with Crippen molar-refractivity contribution in [2.75, 3.05) is 0 Å². The van der Waals surface area contributed by atoms with Gasteiger partial charge in [-0.25, -0.2) is 4.39 Å². The fourth-order valence-corrected chi connectivity index (χ4v) is 3.95. The molecule has 0 aliphatic heterocycles. The van der Waals surface area contributed by atoms with Crippen LogP contribution in [0.5, 0.6) is 0 Å². The summed E-state index contributed by atoms with van der Waals surface area (Å²) < 4.78 is 15.8. The average Bonchev–Trinajstić information content (AvgIpc) is 2.87. The molecule has 1 unspecified atom stereocenters. The van der Waals surface area contributed by atoms with Crippen molar-refractivity contribution in [2.24, 2.45) is 0 Å². The Hall–Kier alpha value is -1.23. The molecule has 0 spiro atoms. The van der Waals surface area contributed by atoms with Crippen LogP contribution in [0.4, 0.5) is 4.39 Å². The summed E-state index contributed by atoms with van der Waals surface area (Å²) in [7, 11) is 0. The summed E-state index contributed by atoms with van der Waals surface area (Å²) in [5.74, 6) is -0.271. The summed E-state index contributed by atoms with van der Waals surface area (Å²) in [6, 6.07) is 12.5. The van der Waals surface area contributed by atoms with E-state index in [-0.39, 0.29) is 12.2 Å². The lowest BCUT2D eigenvalue weighted by Gasteiger charge is -2.11. The second kappa shape index (κ2) is 5.64. The van der Waals surface area contributed by atoms with Crippen LogP contribution >= 0.6 is 27.3 Å². The first kappa shape index (κ1) is 13.7. The minimum Gasteiger partial charge on any atom is -0.388 e. The molecule has 1 aromatic heterocycles. The fraction of sp³-hybridized carbons (Fsp3) is 0.125. The summed E-state index contributed by atoms with van der Waals surface area (Å²) in [6.45, 7) is 0. The van der Waals surface area contributed by atoms with E-state index in [1.807, 2.05) is 23.6 Å². The molecule has 0 saturated heterocycles. The van der Waals surface area contributed by atoms with E-state index in [9.17, 15) is 9.50 Å². The predicted molar refractivity (Wildman–Crippen MR) is 84.6 cm³/mol. The van der Waals surface area contributed by atoms with E-state index in [1.165, 1.54) is 6.07 Å². The largest absolute Gasteiger partial charge is 0.388 e. The maximum Gasteiger partial charge on any atom is 0.126 e. The monoisotopic (exact) mass is 350 g/mol. The van der Waals surface area contributed by atoms with Gasteiger partial charge in [0.15, 0.2) is 0 Å². The third kappa shape index (κ3) is 2.51. The number of fused-ring (bicyclic) bond motifs is 1. The SMILES string of the molecule is OC(Cc1ccccc1F)c1csc2c(Br)cccc12. The normalized spacial score (nSPS) is 12.8. The molecule has 0 aliphatic rings.